The molecule has 0 unspecified atom stereocenters. The van der Waals surface area contributed by atoms with Crippen molar-refractivity contribution in [2.24, 2.45) is 0 Å². The molecule has 0 radical (unpaired) electrons. The Balaban J connectivity index is 0.000000220. The van der Waals surface area contributed by atoms with E-state index in [9.17, 15) is 5.11 Å². The number of rotatable bonds is 3. The van der Waals surface area contributed by atoms with E-state index in [0.29, 0.717) is 17.4 Å². The summed E-state index contributed by atoms with van der Waals surface area (Å²) in [6.07, 6.45) is 2.26. The van der Waals surface area contributed by atoms with E-state index in [1.165, 1.54) is 11.1 Å². The van der Waals surface area contributed by atoms with Gasteiger partial charge < -0.3 is 10.2 Å². The third kappa shape index (κ3) is 5.44. The highest BCUT2D eigenvalue weighted by Gasteiger charge is 2.04. The highest BCUT2D eigenvalue weighted by Crippen LogP contribution is 2.25. The fraction of sp³-hybridized carbons (Fsp3) is 0.400. The van der Waals surface area contributed by atoms with Crippen molar-refractivity contribution >= 4 is 0 Å². The fourth-order valence-electron chi connectivity index (χ4n) is 2.37. The van der Waals surface area contributed by atoms with E-state index < -0.39 is 0 Å². The van der Waals surface area contributed by atoms with Gasteiger partial charge in [-0.25, -0.2) is 0 Å². The van der Waals surface area contributed by atoms with E-state index in [2.05, 4.69) is 20.8 Å². The molecule has 0 heterocycles. The monoisotopic (exact) mass is 300 g/mol. The third-order valence-corrected chi connectivity index (χ3v) is 3.65. The summed E-state index contributed by atoms with van der Waals surface area (Å²) < 4.78 is 0. The standard InChI is InChI=1S/2C10H14O/c1-7(2)9-5-4-8(3)6-10(9)11;1-3-4-9-5-6-10(11)7-8(9)2/h4-7,11H,1-3H3;5-7,11H,3-4H2,1-2H3. The lowest BCUT2D eigenvalue weighted by Gasteiger charge is -2.07. The molecule has 0 aliphatic heterocycles. The smallest absolute Gasteiger partial charge is 0.119 e. The van der Waals surface area contributed by atoms with E-state index in [1.807, 2.05) is 38.1 Å². The zero-order valence-corrected chi connectivity index (χ0v) is 14.4. The van der Waals surface area contributed by atoms with E-state index in [-0.39, 0.29) is 0 Å². The molecule has 2 rings (SSSR count). The van der Waals surface area contributed by atoms with Gasteiger partial charge in [0.15, 0.2) is 0 Å². The summed E-state index contributed by atoms with van der Waals surface area (Å²) >= 11 is 0. The van der Waals surface area contributed by atoms with E-state index in [4.69, 9.17) is 5.11 Å². The molecule has 2 N–H and O–H groups in total. The number of hydrogen-bond donors (Lipinski definition) is 2. The Labute approximate surface area is 134 Å². The maximum absolute atomic E-state index is 9.46. The fourth-order valence-corrected chi connectivity index (χ4v) is 2.37. The van der Waals surface area contributed by atoms with Crippen LogP contribution in [-0.2, 0) is 6.42 Å². The lowest BCUT2D eigenvalue weighted by molar-refractivity contribution is 0.464. The molecule has 2 nitrogen and oxygen atoms in total. The van der Waals surface area contributed by atoms with Gasteiger partial charge in [0.2, 0.25) is 0 Å². The van der Waals surface area contributed by atoms with Crippen LogP contribution < -0.4 is 0 Å². The highest BCUT2D eigenvalue weighted by molar-refractivity contribution is 5.37. The van der Waals surface area contributed by atoms with E-state index >= 15 is 0 Å². The van der Waals surface area contributed by atoms with Crippen LogP contribution >= 0.6 is 0 Å². The van der Waals surface area contributed by atoms with Crippen molar-refractivity contribution in [3.8, 4) is 11.5 Å². The number of hydrogen-bond acceptors (Lipinski definition) is 2. The number of aromatic hydroxyl groups is 2. The van der Waals surface area contributed by atoms with Crippen LogP contribution in [0.1, 0.15) is 55.4 Å². The summed E-state index contributed by atoms with van der Waals surface area (Å²) in [4.78, 5) is 0. The van der Waals surface area contributed by atoms with Crippen LogP contribution in [0.2, 0.25) is 0 Å². The predicted molar refractivity (Wildman–Crippen MR) is 93.8 cm³/mol. The largest absolute Gasteiger partial charge is 0.508 e. The lowest BCUT2D eigenvalue weighted by atomic mass is 10.0. The van der Waals surface area contributed by atoms with Gasteiger partial charge in [0.05, 0.1) is 0 Å². The highest BCUT2D eigenvalue weighted by atomic mass is 16.3. The molecule has 0 fully saturated rings. The third-order valence-electron chi connectivity index (χ3n) is 3.65. The van der Waals surface area contributed by atoms with Crippen molar-refractivity contribution in [3.05, 3.63) is 58.7 Å². The molecule has 2 aromatic rings. The number of phenolic OH excluding ortho intramolecular Hbond substituents is 2. The molecule has 2 heteroatoms. The van der Waals surface area contributed by atoms with Gasteiger partial charge in [0.25, 0.3) is 0 Å². The molecule has 0 saturated heterocycles. The molecule has 22 heavy (non-hydrogen) atoms. The average Bonchev–Trinajstić information content (AvgIpc) is 2.42. The Hall–Kier alpha value is -1.96. The summed E-state index contributed by atoms with van der Waals surface area (Å²) in [6, 6.07) is 11.4. The molecular weight excluding hydrogens is 272 g/mol. The van der Waals surface area contributed by atoms with Gasteiger partial charge in [0.1, 0.15) is 11.5 Å². The summed E-state index contributed by atoms with van der Waals surface area (Å²) in [5.41, 5.74) is 4.65. The summed E-state index contributed by atoms with van der Waals surface area (Å²) in [5, 5.41) is 18.6. The van der Waals surface area contributed by atoms with Gasteiger partial charge in [-0.2, -0.15) is 0 Å². The van der Waals surface area contributed by atoms with Crippen LogP contribution in [0.4, 0.5) is 0 Å². The molecule has 0 bridgehead atoms. The summed E-state index contributed by atoms with van der Waals surface area (Å²) in [5.74, 6) is 1.18. The summed E-state index contributed by atoms with van der Waals surface area (Å²) in [7, 11) is 0. The van der Waals surface area contributed by atoms with Gasteiger partial charge in [-0.1, -0.05) is 45.4 Å². The molecule has 0 aliphatic rings. The van der Waals surface area contributed by atoms with E-state index in [1.54, 1.807) is 12.1 Å². The average molecular weight is 300 g/mol. The van der Waals surface area contributed by atoms with Crippen LogP contribution in [-0.4, -0.2) is 10.2 Å². The van der Waals surface area contributed by atoms with Gasteiger partial charge in [-0.3, -0.25) is 0 Å². The molecule has 0 spiro atoms. The molecule has 0 aliphatic carbocycles. The normalized spacial score (nSPS) is 10.3. The Morgan fingerprint density at radius 3 is 2.14 bits per heavy atom. The van der Waals surface area contributed by atoms with Crippen molar-refractivity contribution < 1.29 is 10.2 Å². The van der Waals surface area contributed by atoms with Crippen molar-refractivity contribution in [3.63, 3.8) is 0 Å². The number of phenols is 2. The van der Waals surface area contributed by atoms with E-state index in [0.717, 1.165) is 24.0 Å². The maximum atomic E-state index is 9.46. The maximum Gasteiger partial charge on any atom is 0.119 e. The minimum absolute atomic E-state index is 0.363. The predicted octanol–water partition coefficient (Wildman–Crippen LogP) is 5.48. The van der Waals surface area contributed by atoms with Crippen molar-refractivity contribution in [2.45, 2.75) is 53.4 Å². The molecule has 120 valence electrons. The Bertz CT molecular complexity index is 601. The summed E-state index contributed by atoms with van der Waals surface area (Å²) in [6.45, 7) is 10.3. The van der Waals surface area contributed by atoms with Gasteiger partial charge in [-0.15, -0.1) is 0 Å². The first-order valence-corrected chi connectivity index (χ1v) is 7.93. The molecule has 0 aromatic heterocycles. The van der Waals surface area contributed by atoms with Crippen molar-refractivity contribution in [1.82, 2.24) is 0 Å². The minimum atomic E-state index is 0.363. The zero-order chi connectivity index (χ0) is 16.7. The Kier molecular flexibility index (Phi) is 6.97. The van der Waals surface area contributed by atoms with Crippen LogP contribution in [0, 0.1) is 13.8 Å². The lowest BCUT2D eigenvalue weighted by Crippen LogP contribution is -1.87. The molecule has 2 aromatic carbocycles. The van der Waals surface area contributed by atoms with Crippen molar-refractivity contribution in [2.75, 3.05) is 0 Å². The number of aryl methyl sites for hydroxylation is 3. The minimum Gasteiger partial charge on any atom is -0.508 e. The Morgan fingerprint density at radius 1 is 0.955 bits per heavy atom. The quantitative estimate of drug-likeness (QED) is 0.788. The van der Waals surface area contributed by atoms with Crippen LogP contribution in [0.15, 0.2) is 36.4 Å². The van der Waals surface area contributed by atoms with Crippen LogP contribution in [0.3, 0.4) is 0 Å². The Morgan fingerprint density at radius 2 is 1.64 bits per heavy atom. The van der Waals surface area contributed by atoms with Gasteiger partial charge in [-0.05, 0) is 66.6 Å². The molecule has 0 amide bonds. The molecular formula is C20H28O2. The second kappa shape index (κ2) is 8.47. The SMILES string of the molecule is CCCc1ccc(O)cc1C.Cc1ccc(C(C)C)c(O)c1. The van der Waals surface area contributed by atoms with Crippen molar-refractivity contribution in [1.29, 1.82) is 0 Å². The topological polar surface area (TPSA) is 40.5 Å². The number of benzene rings is 2. The van der Waals surface area contributed by atoms with Crippen LogP contribution in [0.25, 0.3) is 0 Å². The second-order valence-electron chi connectivity index (χ2n) is 6.08. The zero-order valence-electron chi connectivity index (χ0n) is 14.4. The molecule has 0 atom stereocenters. The van der Waals surface area contributed by atoms with Crippen LogP contribution in [0.5, 0.6) is 11.5 Å². The van der Waals surface area contributed by atoms with Gasteiger partial charge in [0, 0.05) is 0 Å². The first-order chi connectivity index (χ1) is 10.3. The second-order valence-corrected chi connectivity index (χ2v) is 6.08. The molecule has 0 saturated carbocycles. The first kappa shape index (κ1) is 18.1. The van der Waals surface area contributed by atoms with Gasteiger partial charge >= 0.3 is 0 Å². The first-order valence-electron chi connectivity index (χ1n) is 7.93.